The van der Waals surface area contributed by atoms with Gasteiger partial charge in [-0.05, 0) is 6.42 Å². The van der Waals surface area contributed by atoms with E-state index in [2.05, 4.69) is 9.64 Å². The Labute approximate surface area is 107 Å². The van der Waals surface area contributed by atoms with E-state index in [1.807, 2.05) is 0 Å². The number of rotatable bonds is 4. The Balaban J connectivity index is 1.77. The first kappa shape index (κ1) is 13.8. The highest BCUT2D eigenvalue weighted by Gasteiger charge is 2.44. The number of methoxy groups -OCH3 is 1. The van der Waals surface area contributed by atoms with Crippen molar-refractivity contribution in [2.45, 2.75) is 12.5 Å². The van der Waals surface area contributed by atoms with Gasteiger partial charge in [0.2, 0.25) is 0 Å². The molecule has 7 nitrogen and oxygen atoms in total. The number of hydrogen-bond donors (Lipinski definition) is 0. The molecule has 0 atom stereocenters. The predicted octanol–water partition coefficient (Wildman–Crippen LogP) is 0.435. The van der Waals surface area contributed by atoms with Gasteiger partial charge in [-0.15, -0.1) is 0 Å². The highest BCUT2D eigenvalue weighted by atomic mass is 28.4. The molecular weight excluding hydrogens is 258 g/mol. The number of fused-ring (bicyclic) bond motifs is 3. The lowest BCUT2D eigenvalue weighted by Crippen LogP contribution is -2.45. The van der Waals surface area contributed by atoms with E-state index in [1.54, 1.807) is 0 Å². The van der Waals surface area contributed by atoms with Crippen LogP contribution in [0.2, 0.25) is 6.04 Å². The van der Waals surface area contributed by atoms with E-state index in [1.165, 1.54) is 7.11 Å². The average Bonchev–Trinajstić information content (AvgIpc) is 2.67. The van der Waals surface area contributed by atoms with E-state index in [0.29, 0.717) is 39.0 Å². The van der Waals surface area contributed by atoms with Crippen LogP contribution in [0.25, 0.3) is 0 Å². The maximum Gasteiger partial charge on any atom is 0.507 e. The van der Waals surface area contributed by atoms with E-state index in [0.717, 1.165) is 13.1 Å². The number of ether oxygens (including phenoxy) is 2. The van der Waals surface area contributed by atoms with Gasteiger partial charge in [-0.3, -0.25) is 4.90 Å². The second kappa shape index (κ2) is 6.48. The third-order valence-electron chi connectivity index (χ3n) is 2.94. The maximum absolute atomic E-state index is 10.8. The summed E-state index contributed by atoms with van der Waals surface area (Å²) in [4.78, 5) is 13.0. The average molecular weight is 277 g/mol. The molecule has 0 aromatic heterocycles. The lowest BCUT2D eigenvalue weighted by molar-refractivity contribution is 0.0659. The van der Waals surface area contributed by atoms with Crippen molar-refractivity contribution < 1.29 is 27.5 Å². The molecule has 2 bridgehead atoms. The minimum Gasteiger partial charge on any atom is -0.438 e. The minimum absolute atomic E-state index is 0.293. The zero-order valence-corrected chi connectivity index (χ0v) is 11.6. The highest BCUT2D eigenvalue weighted by molar-refractivity contribution is 6.60. The van der Waals surface area contributed by atoms with Crippen LogP contribution in [0.4, 0.5) is 4.79 Å². The Hall–Kier alpha value is -0.673. The monoisotopic (exact) mass is 277 g/mol. The summed E-state index contributed by atoms with van der Waals surface area (Å²) in [7, 11) is -1.26. The lowest BCUT2D eigenvalue weighted by Gasteiger charge is -2.26. The Kier molecular flexibility index (Phi) is 4.95. The fourth-order valence-electron chi connectivity index (χ4n) is 1.94. The normalized spacial score (nSPS) is 31.5. The molecule has 2 aliphatic rings. The van der Waals surface area contributed by atoms with Gasteiger partial charge in [0.1, 0.15) is 0 Å². The molecule has 0 aromatic carbocycles. The van der Waals surface area contributed by atoms with Gasteiger partial charge >= 0.3 is 15.0 Å². The van der Waals surface area contributed by atoms with Gasteiger partial charge in [0, 0.05) is 19.1 Å². The molecule has 2 aliphatic heterocycles. The standard InChI is InChI=1S/C10H19NO6Si/c1-13-10(12)14-5-2-8-18-15-6-3-11(9-17-18)4-7-16-18/h2-9H2,1H3. The Morgan fingerprint density at radius 1 is 1.28 bits per heavy atom. The molecule has 8 heteroatoms. The van der Waals surface area contributed by atoms with Gasteiger partial charge in [0.25, 0.3) is 0 Å². The lowest BCUT2D eigenvalue weighted by atomic mass is 10.5. The summed E-state index contributed by atoms with van der Waals surface area (Å²) < 4.78 is 26.6. The SMILES string of the molecule is COC(=O)OCCC[Si]12OCCN(CCO1)CO2. The molecule has 0 saturated carbocycles. The van der Waals surface area contributed by atoms with E-state index >= 15 is 0 Å². The van der Waals surface area contributed by atoms with Gasteiger partial charge in [-0.2, -0.15) is 0 Å². The van der Waals surface area contributed by atoms with Crippen LogP contribution in [-0.4, -0.2) is 66.6 Å². The van der Waals surface area contributed by atoms with E-state index in [4.69, 9.17) is 18.0 Å². The molecule has 18 heavy (non-hydrogen) atoms. The topological polar surface area (TPSA) is 66.5 Å². The van der Waals surface area contributed by atoms with Crippen molar-refractivity contribution >= 4 is 15.0 Å². The summed E-state index contributed by atoms with van der Waals surface area (Å²) >= 11 is 0. The molecule has 0 aromatic rings. The fraction of sp³-hybridized carbons (Fsp3) is 0.900. The van der Waals surface area contributed by atoms with Crippen molar-refractivity contribution in [1.29, 1.82) is 0 Å². The maximum atomic E-state index is 10.8. The van der Waals surface area contributed by atoms with Crippen LogP contribution < -0.4 is 0 Å². The molecule has 2 heterocycles. The van der Waals surface area contributed by atoms with Gasteiger partial charge in [0.05, 0.1) is 33.7 Å². The highest BCUT2D eigenvalue weighted by Crippen LogP contribution is 2.23. The third-order valence-corrected chi connectivity index (χ3v) is 5.76. The second-order valence-electron chi connectivity index (χ2n) is 4.18. The van der Waals surface area contributed by atoms with Crippen LogP contribution in [0.15, 0.2) is 0 Å². The summed E-state index contributed by atoms with van der Waals surface area (Å²) in [6.07, 6.45) is -0.00811. The first-order valence-electron chi connectivity index (χ1n) is 6.09. The van der Waals surface area contributed by atoms with Crippen molar-refractivity contribution in [2.24, 2.45) is 0 Å². The van der Waals surface area contributed by atoms with Gasteiger partial charge in [-0.25, -0.2) is 4.79 Å². The number of carbonyl (C=O) groups excluding carboxylic acids is 1. The zero-order chi connectivity index (χ0) is 12.8. The quantitative estimate of drug-likeness (QED) is 0.419. The third kappa shape index (κ3) is 3.66. The Morgan fingerprint density at radius 3 is 2.67 bits per heavy atom. The molecule has 0 spiro atoms. The van der Waals surface area contributed by atoms with Crippen LogP contribution in [0, 0.1) is 0 Å². The molecule has 2 fully saturated rings. The largest absolute Gasteiger partial charge is 0.507 e. The molecule has 0 aliphatic carbocycles. The van der Waals surface area contributed by atoms with Crippen molar-refractivity contribution in [3.8, 4) is 0 Å². The molecule has 2 rings (SSSR count). The first-order chi connectivity index (χ1) is 8.74. The smallest absolute Gasteiger partial charge is 0.438 e. The molecular formula is C10H19NO6Si. The minimum atomic E-state index is -2.55. The van der Waals surface area contributed by atoms with Crippen molar-refractivity contribution in [3.63, 3.8) is 0 Å². The predicted molar refractivity (Wildman–Crippen MR) is 63.0 cm³/mol. The molecule has 0 amide bonds. The molecule has 0 unspecified atom stereocenters. The first-order valence-corrected chi connectivity index (χ1v) is 8.02. The molecule has 2 saturated heterocycles. The van der Waals surface area contributed by atoms with E-state index < -0.39 is 15.0 Å². The zero-order valence-electron chi connectivity index (χ0n) is 10.6. The van der Waals surface area contributed by atoms with Crippen LogP contribution in [-0.2, 0) is 22.8 Å². The van der Waals surface area contributed by atoms with Crippen molar-refractivity contribution in [3.05, 3.63) is 0 Å². The fourth-order valence-corrected chi connectivity index (χ4v) is 4.38. The van der Waals surface area contributed by atoms with E-state index in [-0.39, 0.29) is 0 Å². The summed E-state index contributed by atoms with van der Waals surface area (Å²) in [6, 6.07) is 0.665. The summed E-state index contributed by atoms with van der Waals surface area (Å²) in [5.74, 6) is 0. The van der Waals surface area contributed by atoms with Crippen LogP contribution in [0.3, 0.4) is 0 Å². The number of hydrogen-bond acceptors (Lipinski definition) is 7. The Bertz CT molecular complexity index is 280. The number of carbonyl (C=O) groups is 1. The van der Waals surface area contributed by atoms with Crippen LogP contribution in [0.1, 0.15) is 6.42 Å². The van der Waals surface area contributed by atoms with Gasteiger partial charge < -0.3 is 22.8 Å². The van der Waals surface area contributed by atoms with Gasteiger partial charge in [0.15, 0.2) is 0 Å². The van der Waals surface area contributed by atoms with Crippen LogP contribution in [0.5, 0.6) is 0 Å². The molecule has 104 valence electrons. The summed E-state index contributed by atoms with van der Waals surface area (Å²) in [5, 5.41) is 0. The Morgan fingerprint density at radius 2 is 2.00 bits per heavy atom. The van der Waals surface area contributed by atoms with Crippen molar-refractivity contribution in [2.75, 3.05) is 46.8 Å². The van der Waals surface area contributed by atoms with Crippen LogP contribution >= 0.6 is 0 Å². The summed E-state index contributed by atoms with van der Waals surface area (Å²) in [6.45, 7) is 3.92. The number of nitrogens with zero attached hydrogens (tertiary/aromatic N) is 1. The van der Waals surface area contributed by atoms with Crippen molar-refractivity contribution in [1.82, 2.24) is 4.90 Å². The second-order valence-corrected chi connectivity index (χ2v) is 6.91. The summed E-state index contributed by atoms with van der Waals surface area (Å²) in [5.41, 5.74) is 0. The molecule has 0 N–H and O–H groups in total. The van der Waals surface area contributed by atoms with E-state index in [9.17, 15) is 4.79 Å². The molecule has 0 radical (unpaired) electrons. The van der Waals surface area contributed by atoms with Gasteiger partial charge in [-0.1, -0.05) is 0 Å².